The van der Waals surface area contributed by atoms with Crippen molar-refractivity contribution in [3.63, 3.8) is 0 Å². The molecule has 0 atom stereocenters. The molecule has 1 aliphatic heterocycles. The molecule has 0 aromatic heterocycles. The van der Waals surface area contributed by atoms with E-state index in [0.29, 0.717) is 28.1 Å². The molecule has 0 radical (unpaired) electrons. The fourth-order valence-electron chi connectivity index (χ4n) is 2.48. The highest BCUT2D eigenvalue weighted by molar-refractivity contribution is 6.14. The molecule has 116 valence electrons. The Bertz CT molecular complexity index is 827. The van der Waals surface area contributed by atoms with Crippen molar-refractivity contribution in [2.75, 3.05) is 19.0 Å². The molecule has 6 heteroatoms. The number of rotatable bonds is 3. The van der Waals surface area contributed by atoms with Crippen LogP contribution in [0.1, 0.15) is 15.9 Å². The molecule has 6 nitrogen and oxygen atoms in total. The van der Waals surface area contributed by atoms with Gasteiger partial charge in [-0.15, -0.1) is 0 Å². The Hall–Kier alpha value is -3.15. The molecular formula is C17H14N2O4. The molecule has 1 N–H and O–H groups in total. The third kappa shape index (κ3) is 2.78. The number of nitrogens with one attached hydrogen (secondary N) is 1. The largest absolute Gasteiger partial charge is 0.488 e. The highest BCUT2D eigenvalue weighted by Gasteiger charge is 2.23. The minimum Gasteiger partial charge on any atom is -0.488 e. The topological polar surface area (TPSA) is 81.5 Å². The van der Waals surface area contributed by atoms with E-state index in [1.165, 1.54) is 6.07 Å². The lowest BCUT2D eigenvalue weighted by Gasteiger charge is -2.18. The van der Waals surface area contributed by atoms with Crippen LogP contribution in [0.25, 0.3) is 6.08 Å². The monoisotopic (exact) mass is 310 g/mol. The number of carbonyl (C=O) groups excluding carboxylic acids is 1. The van der Waals surface area contributed by atoms with Crippen LogP contribution >= 0.6 is 0 Å². The van der Waals surface area contributed by atoms with Gasteiger partial charge in [0.25, 0.3) is 5.69 Å². The molecule has 23 heavy (non-hydrogen) atoms. The molecule has 0 aliphatic carbocycles. The van der Waals surface area contributed by atoms with E-state index in [1.807, 2.05) is 0 Å². The summed E-state index contributed by atoms with van der Waals surface area (Å²) in [7, 11) is 1.62. The van der Waals surface area contributed by atoms with Crippen LogP contribution in [0, 0.1) is 10.1 Å². The molecule has 0 spiro atoms. The lowest BCUT2D eigenvalue weighted by Crippen LogP contribution is -2.18. The molecule has 3 rings (SSSR count). The van der Waals surface area contributed by atoms with E-state index >= 15 is 0 Å². The zero-order chi connectivity index (χ0) is 16.4. The van der Waals surface area contributed by atoms with Crippen LogP contribution in [0.5, 0.6) is 5.75 Å². The van der Waals surface area contributed by atoms with Crippen LogP contribution in [0.3, 0.4) is 0 Å². The van der Waals surface area contributed by atoms with Gasteiger partial charge in [-0.1, -0.05) is 18.2 Å². The summed E-state index contributed by atoms with van der Waals surface area (Å²) in [5, 5.41) is 13.9. The normalized spacial score (nSPS) is 15.0. The molecule has 0 saturated carbocycles. The smallest absolute Gasteiger partial charge is 0.292 e. The van der Waals surface area contributed by atoms with Crippen molar-refractivity contribution in [1.82, 2.24) is 0 Å². The minimum atomic E-state index is -0.456. The molecule has 0 bridgehead atoms. The summed E-state index contributed by atoms with van der Waals surface area (Å²) in [5.74, 6) is 0.443. The standard InChI is InChI=1S/C17H14N2O4/c1-18-14-7-6-11(9-15(14)19(21)22)8-12-10-23-16-5-3-2-4-13(16)17(12)20/h2-9,18H,10H2,1H3/b12-8-. The van der Waals surface area contributed by atoms with Crippen molar-refractivity contribution in [1.29, 1.82) is 0 Å². The third-order valence-corrected chi connectivity index (χ3v) is 3.64. The highest BCUT2D eigenvalue weighted by atomic mass is 16.6. The number of hydrogen-bond acceptors (Lipinski definition) is 5. The van der Waals surface area contributed by atoms with E-state index in [1.54, 1.807) is 49.5 Å². The summed E-state index contributed by atoms with van der Waals surface area (Å²) in [6, 6.07) is 11.8. The summed E-state index contributed by atoms with van der Waals surface area (Å²) in [6.07, 6.45) is 1.63. The van der Waals surface area contributed by atoms with Gasteiger partial charge in [0.1, 0.15) is 18.0 Å². The van der Waals surface area contributed by atoms with Gasteiger partial charge in [-0.3, -0.25) is 14.9 Å². The van der Waals surface area contributed by atoms with Crippen molar-refractivity contribution in [3.05, 3.63) is 69.3 Å². The molecule has 0 amide bonds. The van der Waals surface area contributed by atoms with Gasteiger partial charge in [0.15, 0.2) is 5.78 Å². The summed E-state index contributed by atoms with van der Waals surface area (Å²) in [5.41, 5.74) is 1.95. The Morgan fingerprint density at radius 1 is 1.26 bits per heavy atom. The van der Waals surface area contributed by atoms with Crippen LogP contribution in [0.2, 0.25) is 0 Å². The predicted octanol–water partition coefficient (Wildman–Crippen LogP) is 3.30. The second-order valence-electron chi connectivity index (χ2n) is 5.07. The zero-order valence-electron chi connectivity index (χ0n) is 12.4. The molecule has 1 aliphatic rings. The van der Waals surface area contributed by atoms with Crippen molar-refractivity contribution >= 4 is 23.2 Å². The number of fused-ring (bicyclic) bond motifs is 1. The lowest BCUT2D eigenvalue weighted by atomic mass is 9.98. The summed E-state index contributed by atoms with van der Waals surface area (Å²) in [6.45, 7) is 0.150. The predicted molar refractivity (Wildman–Crippen MR) is 86.9 cm³/mol. The van der Waals surface area contributed by atoms with Crippen LogP contribution in [-0.4, -0.2) is 24.4 Å². The van der Waals surface area contributed by atoms with Gasteiger partial charge >= 0.3 is 0 Å². The van der Waals surface area contributed by atoms with Crippen molar-refractivity contribution in [3.8, 4) is 5.75 Å². The number of Topliss-reactive ketones (excluding diaryl/α,β-unsaturated/α-hetero) is 1. The Morgan fingerprint density at radius 3 is 2.78 bits per heavy atom. The number of nitro benzene ring substituents is 1. The fraction of sp³-hybridized carbons (Fsp3) is 0.118. The third-order valence-electron chi connectivity index (χ3n) is 3.64. The molecule has 0 unspecified atom stereocenters. The van der Waals surface area contributed by atoms with Gasteiger partial charge in [-0.2, -0.15) is 0 Å². The molecule has 1 heterocycles. The average molecular weight is 310 g/mol. The quantitative estimate of drug-likeness (QED) is 0.534. The first-order valence-corrected chi connectivity index (χ1v) is 7.03. The second kappa shape index (κ2) is 5.92. The summed E-state index contributed by atoms with van der Waals surface area (Å²) >= 11 is 0. The van der Waals surface area contributed by atoms with E-state index in [4.69, 9.17) is 4.74 Å². The first-order valence-electron chi connectivity index (χ1n) is 7.03. The number of ether oxygens (including phenoxy) is 1. The van der Waals surface area contributed by atoms with Gasteiger partial charge in [-0.05, 0) is 29.8 Å². The van der Waals surface area contributed by atoms with Crippen LogP contribution in [0.15, 0.2) is 48.0 Å². The minimum absolute atomic E-state index is 0.0357. The SMILES string of the molecule is CNc1ccc(/C=C2/COc3ccccc3C2=O)cc1[N+](=O)[O-]. The van der Waals surface area contributed by atoms with E-state index in [-0.39, 0.29) is 18.1 Å². The van der Waals surface area contributed by atoms with Gasteiger partial charge < -0.3 is 10.1 Å². The van der Waals surface area contributed by atoms with E-state index in [9.17, 15) is 14.9 Å². The maximum atomic E-state index is 12.5. The van der Waals surface area contributed by atoms with Gasteiger partial charge in [0.2, 0.25) is 0 Å². The van der Waals surface area contributed by atoms with Crippen LogP contribution < -0.4 is 10.1 Å². The van der Waals surface area contributed by atoms with Gasteiger partial charge in [0.05, 0.1) is 10.5 Å². The molecule has 2 aromatic rings. The number of ketones is 1. The molecule has 0 saturated heterocycles. The first kappa shape index (κ1) is 14.8. The molecule has 0 fully saturated rings. The fourth-order valence-corrected chi connectivity index (χ4v) is 2.48. The zero-order valence-corrected chi connectivity index (χ0v) is 12.4. The average Bonchev–Trinajstić information content (AvgIpc) is 2.57. The maximum absolute atomic E-state index is 12.5. The summed E-state index contributed by atoms with van der Waals surface area (Å²) < 4.78 is 5.57. The number of nitrogens with zero attached hydrogens (tertiary/aromatic N) is 1. The lowest BCUT2D eigenvalue weighted by molar-refractivity contribution is -0.383. The second-order valence-corrected chi connectivity index (χ2v) is 5.07. The van der Waals surface area contributed by atoms with Crippen molar-refractivity contribution < 1.29 is 14.5 Å². The highest BCUT2D eigenvalue weighted by Crippen LogP contribution is 2.29. The van der Waals surface area contributed by atoms with Crippen molar-refractivity contribution in [2.45, 2.75) is 0 Å². The maximum Gasteiger partial charge on any atom is 0.292 e. The number of carbonyl (C=O) groups is 1. The first-order chi connectivity index (χ1) is 11.1. The Morgan fingerprint density at radius 2 is 2.04 bits per heavy atom. The van der Waals surface area contributed by atoms with Crippen LogP contribution in [0.4, 0.5) is 11.4 Å². The Balaban J connectivity index is 1.98. The Labute approximate surface area is 132 Å². The van der Waals surface area contributed by atoms with E-state index in [2.05, 4.69) is 5.32 Å². The van der Waals surface area contributed by atoms with Crippen molar-refractivity contribution in [2.24, 2.45) is 0 Å². The van der Waals surface area contributed by atoms with Gasteiger partial charge in [-0.25, -0.2) is 0 Å². The number of anilines is 1. The van der Waals surface area contributed by atoms with E-state index < -0.39 is 4.92 Å². The van der Waals surface area contributed by atoms with Crippen LogP contribution in [-0.2, 0) is 0 Å². The molecular weight excluding hydrogens is 296 g/mol. The summed E-state index contributed by atoms with van der Waals surface area (Å²) in [4.78, 5) is 23.1. The Kier molecular flexibility index (Phi) is 3.80. The van der Waals surface area contributed by atoms with Gasteiger partial charge in [0, 0.05) is 18.7 Å². The number of hydrogen-bond donors (Lipinski definition) is 1. The molecule has 2 aromatic carbocycles. The number of nitro groups is 1. The number of benzene rings is 2. The number of para-hydroxylation sites is 1. The van der Waals surface area contributed by atoms with E-state index in [0.717, 1.165) is 0 Å².